The molecule has 1 rings (SSSR count). The Morgan fingerprint density at radius 2 is 1.47 bits per heavy atom. The molecule has 1 aliphatic carbocycles. The average molecular weight is 306 g/mol. The van der Waals surface area contributed by atoms with Crippen molar-refractivity contribution >= 4 is 15.9 Å². The van der Waals surface area contributed by atoms with Crippen LogP contribution in [0.25, 0.3) is 0 Å². The topological polar surface area (TPSA) is 23.5 Å². The lowest BCUT2D eigenvalue weighted by molar-refractivity contribution is 0.186. The van der Waals surface area contributed by atoms with E-state index in [0.29, 0.717) is 6.61 Å². The molecule has 0 spiro atoms. The number of halogens is 1. The minimum absolute atomic E-state index is 0.322. The quantitative estimate of drug-likeness (QED) is 0.440. The molecular weight excluding hydrogens is 278 g/mol. The molecule has 1 fully saturated rings. The number of unbranched alkanes of at least 4 members (excludes halogenated alkanes) is 6. The van der Waals surface area contributed by atoms with Gasteiger partial charge in [-0.15, -0.1) is 0 Å². The molecule has 0 atom stereocenters. The minimum Gasteiger partial charge on any atom is -0.395 e. The number of nitrogens with zero attached hydrogens (tertiary/aromatic N) is 1. The van der Waals surface area contributed by atoms with E-state index in [1.54, 1.807) is 0 Å². The Labute approximate surface area is 115 Å². The van der Waals surface area contributed by atoms with E-state index in [9.17, 15) is 0 Å². The zero-order valence-electron chi connectivity index (χ0n) is 11.0. The molecule has 1 N–H and O–H groups in total. The Hall–Kier alpha value is 0.400. The molecule has 2 nitrogen and oxygen atoms in total. The molecular formula is C14H28BrNO. The Morgan fingerprint density at radius 1 is 0.882 bits per heavy atom. The number of hydrogen-bond donors (Lipinski definition) is 1. The fourth-order valence-corrected chi connectivity index (χ4v) is 2.73. The Kier molecular flexibility index (Phi) is 9.40. The van der Waals surface area contributed by atoms with Crippen molar-refractivity contribution in [3.63, 3.8) is 0 Å². The van der Waals surface area contributed by atoms with Gasteiger partial charge < -0.3 is 5.11 Å². The predicted molar refractivity (Wildman–Crippen MR) is 77.8 cm³/mol. The third-order valence-corrected chi connectivity index (χ3v) is 4.09. The van der Waals surface area contributed by atoms with Crippen LogP contribution in [-0.2, 0) is 0 Å². The first-order valence-electron chi connectivity index (χ1n) is 7.29. The van der Waals surface area contributed by atoms with Crippen LogP contribution in [0.3, 0.4) is 0 Å². The van der Waals surface area contributed by atoms with Gasteiger partial charge in [0.15, 0.2) is 0 Å². The van der Waals surface area contributed by atoms with Gasteiger partial charge in [-0.3, -0.25) is 4.90 Å². The third-order valence-electron chi connectivity index (χ3n) is 3.53. The van der Waals surface area contributed by atoms with Crippen LogP contribution in [0.4, 0.5) is 0 Å². The van der Waals surface area contributed by atoms with Crippen LogP contribution >= 0.6 is 15.9 Å². The lowest BCUT2D eigenvalue weighted by Crippen LogP contribution is -2.30. The maximum absolute atomic E-state index is 8.99. The fraction of sp³-hybridized carbons (Fsp3) is 1.00. The van der Waals surface area contributed by atoms with Gasteiger partial charge in [-0.2, -0.15) is 0 Å². The molecule has 0 saturated heterocycles. The molecule has 17 heavy (non-hydrogen) atoms. The summed E-state index contributed by atoms with van der Waals surface area (Å²) in [5.41, 5.74) is 0. The summed E-state index contributed by atoms with van der Waals surface area (Å²) >= 11 is 3.47. The van der Waals surface area contributed by atoms with Gasteiger partial charge in [-0.05, 0) is 32.2 Å². The predicted octanol–water partition coefficient (Wildman–Crippen LogP) is 3.57. The maximum atomic E-state index is 8.99. The van der Waals surface area contributed by atoms with E-state index in [1.165, 1.54) is 64.3 Å². The normalized spacial score (nSPS) is 15.7. The largest absolute Gasteiger partial charge is 0.395 e. The third kappa shape index (κ3) is 8.17. The van der Waals surface area contributed by atoms with Gasteiger partial charge >= 0.3 is 0 Å². The Morgan fingerprint density at radius 3 is 2.00 bits per heavy atom. The summed E-state index contributed by atoms with van der Waals surface area (Å²) in [7, 11) is 0. The van der Waals surface area contributed by atoms with Crippen LogP contribution in [-0.4, -0.2) is 41.1 Å². The van der Waals surface area contributed by atoms with Crippen molar-refractivity contribution in [2.75, 3.05) is 25.0 Å². The Bertz CT molecular complexity index is 174. The second-order valence-corrected chi connectivity index (χ2v) is 5.95. The standard InChI is InChI=1S/C14H28BrNO/c15-10-6-4-2-1-3-5-7-11-16(12-13-17)14-8-9-14/h14,17H,1-13H2. The van der Waals surface area contributed by atoms with E-state index in [-0.39, 0.29) is 0 Å². The molecule has 0 amide bonds. The summed E-state index contributed by atoms with van der Waals surface area (Å²) in [5.74, 6) is 0. The number of aliphatic hydroxyl groups excluding tert-OH is 1. The summed E-state index contributed by atoms with van der Waals surface area (Å²) in [4.78, 5) is 2.48. The second kappa shape index (κ2) is 10.3. The smallest absolute Gasteiger partial charge is 0.0558 e. The maximum Gasteiger partial charge on any atom is 0.0558 e. The SMILES string of the molecule is OCCN(CCCCCCCCCBr)C1CC1. The highest BCUT2D eigenvalue weighted by atomic mass is 79.9. The molecule has 1 saturated carbocycles. The fourth-order valence-electron chi connectivity index (χ4n) is 2.34. The summed E-state index contributed by atoms with van der Waals surface area (Å²) in [6.45, 7) is 2.41. The molecule has 0 unspecified atom stereocenters. The van der Waals surface area contributed by atoms with Crippen molar-refractivity contribution in [2.24, 2.45) is 0 Å². The first-order valence-corrected chi connectivity index (χ1v) is 8.41. The molecule has 0 radical (unpaired) electrons. The number of rotatable bonds is 12. The monoisotopic (exact) mass is 305 g/mol. The lowest BCUT2D eigenvalue weighted by atomic mass is 10.1. The van der Waals surface area contributed by atoms with Gasteiger partial charge in [0.05, 0.1) is 6.61 Å². The lowest BCUT2D eigenvalue weighted by Gasteiger charge is -2.20. The number of aliphatic hydroxyl groups is 1. The van der Waals surface area contributed by atoms with Gasteiger partial charge in [-0.25, -0.2) is 0 Å². The van der Waals surface area contributed by atoms with Crippen molar-refractivity contribution in [3.05, 3.63) is 0 Å². The van der Waals surface area contributed by atoms with E-state index < -0.39 is 0 Å². The molecule has 3 heteroatoms. The molecule has 0 aromatic rings. The molecule has 0 aliphatic heterocycles. The van der Waals surface area contributed by atoms with Crippen molar-refractivity contribution in [2.45, 2.75) is 63.8 Å². The summed E-state index contributed by atoms with van der Waals surface area (Å²) in [6.07, 6.45) is 12.3. The first-order chi connectivity index (χ1) is 8.38. The van der Waals surface area contributed by atoms with E-state index in [2.05, 4.69) is 20.8 Å². The highest BCUT2D eigenvalue weighted by Crippen LogP contribution is 2.26. The number of alkyl halides is 1. The molecule has 0 heterocycles. The molecule has 0 bridgehead atoms. The van der Waals surface area contributed by atoms with Crippen LogP contribution in [0.2, 0.25) is 0 Å². The van der Waals surface area contributed by atoms with E-state index in [0.717, 1.165) is 17.9 Å². The van der Waals surface area contributed by atoms with Gasteiger partial charge in [0.1, 0.15) is 0 Å². The zero-order valence-corrected chi connectivity index (χ0v) is 12.6. The second-order valence-electron chi connectivity index (χ2n) is 5.15. The molecule has 102 valence electrons. The van der Waals surface area contributed by atoms with Crippen molar-refractivity contribution in [1.82, 2.24) is 4.90 Å². The van der Waals surface area contributed by atoms with E-state index in [4.69, 9.17) is 5.11 Å². The van der Waals surface area contributed by atoms with Gasteiger partial charge in [0.25, 0.3) is 0 Å². The molecule has 0 aromatic carbocycles. The highest BCUT2D eigenvalue weighted by molar-refractivity contribution is 9.09. The average Bonchev–Trinajstić information content (AvgIpc) is 3.15. The van der Waals surface area contributed by atoms with Crippen LogP contribution < -0.4 is 0 Å². The van der Waals surface area contributed by atoms with Crippen LogP contribution in [0.1, 0.15) is 57.8 Å². The molecule has 1 aliphatic rings. The van der Waals surface area contributed by atoms with Crippen molar-refractivity contribution in [3.8, 4) is 0 Å². The van der Waals surface area contributed by atoms with Crippen LogP contribution in [0.15, 0.2) is 0 Å². The Balaban J connectivity index is 1.85. The van der Waals surface area contributed by atoms with Gasteiger partial charge in [-0.1, -0.05) is 48.0 Å². The van der Waals surface area contributed by atoms with Crippen molar-refractivity contribution in [1.29, 1.82) is 0 Å². The van der Waals surface area contributed by atoms with E-state index >= 15 is 0 Å². The van der Waals surface area contributed by atoms with Crippen LogP contribution in [0.5, 0.6) is 0 Å². The van der Waals surface area contributed by atoms with Crippen LogP contribution in [0, 0.1) is 0 Å². The zero-order chi connectivity index (χ0) is 12.3. The highest BCUT2D eigenvalue weighted by Gasteiger charge is 2.27. The summed E-state index contributed by atoms with van der Waals surface area (Å²) in [6, 6.07) is 0.807. The summed E-state index contributed by atoms with van der Waals surface area (Å²) < 4.78 is 0. The first kappa shape index (κ1) is 15.5. The summed E-state index contributed by atoms with van der Waals surface area (Å²) in [5, 5.41) is 10.1. The molecule has 0 aromatic heterocycles. The minimum atomic E-state index is 0.322. The number of hydrogen-bond acceptors (Lipinski definition) is 2. The van der Waals surface area contributed by atoms with Gasteiger partial charge in [0.2, 0.25) is 0 Å². The van der Waals surface area contributed by atoms with Gasteiger partial charge in [0, 0.05) is 17.9 Å². The van der Waals surface area contributed by atoms with E-state index in [1.807, 2.05) is 0 Å². The van der Waals surface area contributed by atoms with Crippen molar-refractivity contribution < 1.29 is 5.11 Å².